The Hall–Kier alpha value is -1.92. The first-order valence-electron chi connectivity index (χ1n) is 6.58. The van der Waals surface area contributed by atoms with Crippen LogP contribution in [0.2, 0.25) is 5.02 Å². The number of nitrogens with one attached hydrogen (secondary N) is 1. The van der Waals surface area contributed by atoms with Crippen LogP contribution in [0.25, 0.3) is 0 Å². The number of ether oxygens (including phenoxy) is 1. The Balaban J connectivity index is 2.10. The molecule has 23 heavy (non-hydrogen) atoms. The smallest absolute Gasteiger partial charge is 0.265 e. The van der Waals surface area contributed by atoms with E-state index in [1.165, 1.54) is 19.1 Å². The van der Waals surface area contributed by atoms with Crippen LogP contribution in [-0.2, 0) is 4.79 Å². The third kappa shape index (κ3) is 4.53. The van der Waals surface area contributed by atoms with Crippen LogP contribution in [-0.4, -0.2) is 18.3 Å². The molecule has 2 aromatic carbocycles. The predicted octanol–water partition coefficient (Wildman–Crippen LogP) is 4.46. The molecule has 1 atom stereocenters. The second kappa shape index (κ2) is 7.57. The average Bonchev–Trinajstić information content (AvgIpc) is 2.51. The van der Waals surface area contributed by atoms with Crippen LogP contribution in [0.5, 0.6) is 5.75 Å². The zero-order valence-electron chi connectivity index (χ0n) is 12.0. The minimum absolute atomic E-state index is 0.0859. The van der Waals surface area contributed by atoms with Crippen molar-refractivity contribution in [3.63, 3.8) is 0 Å². The molecule has 120 valence electrons. The van der Waals surface area contributed by atoms with Crippen LogP contribution >= 0.6 is 27.5 Å². The minimum Gasteiger partial charge on any atom is -0.480 e. The number of hydrogen-bond acceptors (Lipinski definition) is 3. The van der Waals surface area contributed by atoms with Crippen molar-refractivity contribution in [1.29, 1.82) is 0 Å². The molecule has 0 fully saturated rings. The van der Waals surface area contributed by atoms with E-state index < -0.39 is 17.8 Å². The van der Waals surface area contributed by atoms with E-state index in [-0.39, 0.29) is 16.5 Å². The fourth-order valence-corrected chi connectivity index (χ4v) is 2.38. The van der Waals surface area contributed by atoms with Crippen molar-refractivity contribution >= 4 is 45.4 Å². The highest BCUT2D eigenvalue weighted by molar-refractivity contribution is 9.10. The van der Waals surface area contributed by atoms with Gasteiger partial charge < -0.3 is 10.1 Å². The summed E-state index contributed by atoms with van der Waals surface area (Å²) < 4.78 is 19.2. The molecule has 0 aliphatic rings. The van der Waals surface area contributed by atoms with E-state index in [4.69, 9.17) is 16.3 Å². The summed E-state index contributed by atoms with van der Waals surface area (Å²) in [6, 6.07) is 8.52. The normalized spacial score (nSPS) is 11.7. The monoisotopic (exact) mass is 399 g/mol. The maximum atomic E-state index is 13.0. The first kappa shape index (κ1) is 17.4. The van der Waals surface area contributed by atoms with E-state index in [2.05, 4.69) is 21.2 Å². The molecule has 7 heteroatoms. The maximum absolute atomic E-state index is 13.0. The lowest BCUT2D eigenvalue weighted by Gasteiger charge is -2.16. The quantitative estimate of drug-likeness (QED) is 0.754. The second-order valence-electron chi connectivity index (χ2n) is 4.67. The Morgan fingerprint density at radius 1 is 1.35 bits per heavy atom. The molecule has 0 heterocycles. The number of hydrogen-bond donors (Lipinski definition) is 1. The van der Waals surface area contributed by atoms with Crippen LogP contribution in [0.4, 0.5) is 10.1 Å². The Morgan fingerprint density at radius 3 is 2.74 bits per heavy atom. The van der Waals surface area contributed by atoms with Gasteiger partial charge in [0.2, 0.25) is 0 Å². The number of anilines is 1. The van der Waals surface area contributed by atoms with Crippen LogP contribution in [0.1, 0.15) is 17.3 Å². The van der Waals surface area contributed by atoms with E-state index in [1.54, 1.807) is 18.2 Å². The average molecular weight is 401 g/mol. The molecule has 0 saturated heterocycles. The summed E-state index contributed by atoms with van der Waals surface area (Å²) >= 11 is 9.11. The third-order valence-electron chi connectivity index (χ3n) is 2.96. The maximum Gasteiger partial charge on any atom is 0.265 e. The van der Waals surface area contributed by atoms with Crippen LogP contribution in [0.15, 0.2) is 40.9 Å². The van der Waals surface area contributed by atoms with Crippen molar-refractivity contribution in [2.24, 2.45) is 0 Å². The lowest BCUT2D eigenvalue weighted by Crippen LogP contribution is -2.30. The summed E-state index contributed by atoms with van der Waals surface area (Å²) in [7, 11) is 0. The number of carbonyl (C=O) groups excluding carboxylic acids is 2. The number of carbonyl (C=O) groups is 2. The van der Waals surface area contributed by atoms with Crippen molar-refractivity contribution in [3.05, 3.63) is 57.3 Å². The van der Waals surface area contributed by atoms with Gasteiger partial charge in [0, 0.05) is 4.47 Å². The molecule has 2 aromatic rings. The van der Waals surface area contributed by atoms with E-state index in [0.29, 0.717) is 11.8 Å². The molecule has 0 spiro atoms. The fraction of sp³-hybridized carbons (Fsp3) is 0.125. The Morgan fingerprint density at radius 2 is 2.09 bits per heavy atom. The van der Waals surface area contributed by atoms with Gasteiger partial charge >= 0.3 is 0 Å². The molecule has 0 aliphatic carbocycles. The second-order valence-corrected chi connectivity index (χ2v) is 6.00. The van der Waals surface area contributed by atoms with Crippen molar-refractivity contribution in [2.75, 3.05) is 5.32 Å². The molecule has 0 aromatic heterocycles. The van der Waals surface area contributed by atoms with Gasteiger partial charge in [-0.1, -0.05) is 27.5 Å². The van der Waals surface area contributed by atoms with Crippen LogP contribution in [0.3, 0.4) is 0 Å². The van der Waals surface area contributed by atoms with Gasteiger partial charge in [-0.05, 0) is 43.3 Å². The molecule has 0 saturated carbocycles. The largest absolute Gasteiger partial charge is 0.480 e. The number of amides is 1. The van der Waals surface area contributed by atoms with Gasteiger partial charge in [-0.15, -0.1) is 0 Å². The first-order valence-corrected chi connectivity index (χ1v) is 7.75. The predicted molar refractivity (Wildman–Crippen MR) is 89.7 cm³/mol. The van der Waals surface area contributed by atoms with E-state index in [9.17, 15) is 14.0 Å². The standard InChI is InChI=1S/C16H12BrClFNO3/c1-9(23-15-5-2-11(17)6-10(15)8-21)16(22)20-14-4-3-12(19)7-13(14)18/h2-9H,1H3,(H,20,22)/t9-/m1/s1. The molecule has 0 aliphatic heterocycles. The molecule has 2 rings (SSSR count). The van der Waals surface area contributed by atoms with Gasteiger partial charge in [0.15, 0.2) is 12.4 Å². The molecule has 0 bridgehead atoms. The van der Waals surface area contributed by atoms with Gasteiger partial charge in [-0.25, -0.2) is 4.39 Å². The van der Waals surface area contributed by atoms with E-state index in [0.717, 1.165) is 10.5 Å². The molecular formula is C16H12BrClFNO3. The SMILES string of the molecule is C[C@@H](Oc1ccc(Br)cc1C=O)C(=O)Nc1ccc(F)cc1Cl. The minimum atomic E-state index is -0.879. The first-order chi connectivity index (χ1) is 10.9. The lowest BCUT2D eigenvalue weighted by molar-refractivity contribution is -0.122. The molecule has 0 radical (unpaired) electrons. The summed E-state index contributed by atoms with van der Waals surface area (Å²) in [5.74, 6) is -0.683. The zero-order valence-corrected chi connectivity index (χ0v) is 14.3. The summed E-state index contributed by atoms with van der Waals surface area (Å²) in [5.41, 5.74) is 0.596. The highest BCUT2D eigenvalue weighted by Gasteiger charge is 2.18. The van der Waals surface area contributed by atoms with Gasteiger partial charge in [0.25, 0.3) is 5.91 Å². The molecule has 4 nitrogen and oxygen atoms in total. The van der Waals surface area contributed by atoms with Gasteiger partial charge in [0.1, 0.15) is 11.6 Å². The Kier molecular flexibility index (Phi) is 5.74. The molecular weight excluding hydrogens is 389 g/mol. The number of aldehydes is 1. The van der Waals surface area contributed by atoms with Crippen LogP contribution in [0, 0.1) is 5.82 Å². The van der Waals surface area contributed by atoms with Gasteiger partial charge in [-0.2, -0.15) is 0 Å². The fourth-order valence-electron chi connectivity index (χ4n) is 1.79. The summed E-state index contributed by atoms with van der Waals surface area (Å²) in [4.78, 5) is 23.2. The molecule has 0 unspecified atom stereocenters. The molecule has 1 N–H and O–H groups in total. The van der Waals surface area contributed by atoms with Gasteiger partial charge in [0.05, 0.1) is 16.3 Å². The highest BCUT2D eigenvalue weighted by atomic mass is 79.9. The van der Waals surface area contributed by atoms with Crippen LogP contribution < -0.4 is 10.1 Å². The third-order valence-corrected chi connectivity index (χ3v) is 3.77. The van der Waals surface area contributed by atoms with Crippen molar-refractivity contribution in [3.8, 4) is 5.75 Å². The number of rotatable bonds is 5. The summed E-state index contributed by atoms with van der Waals surface area (Å²) in [6.07, 6.45) is -0.238. The van der Waals surface area contributed by atoms with E-state index in [1.807, 2.05) is 0 Å². The zero-order chi connectivity index (χ0) is 17.0. The summed E-state index contributed by atoms with van der Waals surface area (Å²) in [6.45, 7) is 1.53. The number of benzene rings is 2. The topological polar surface area (TPSA) is 55.4 Å². The van der Waals surface area contributed by atoms with Crippen molar-refractivity contribution in [2.45, 2.75) is 13.0 Å². The van der Waals surface area contributed by atoms with Crippen molar-refractivity contribution < 1.29 is 18.7 Å². The van der Waals surface area contributed by atoms with Gasteiger partial charge in [-0.3, -0.25) is 9.59 Å². The number of halogens is 3. The van der Waals surface area contributed by atoms with E-state index >= 15 is 0 Å². The molecule has 1 amide bonds. The Labute approximate surface area is 145 Å². The Bertz CT molecular complexity index is 754. The highest BCUT2D eigenvalue weighted by Crippen LogP contribution is 2.25. The van der Waals surface area contributed by atoms with Crippen molar-refractivity contribution in [1.82, 2.24) is 0 Å². The lowest BCUT2D eigenvalue weighted by atomic mass is 10.2. The summed E-state index contributed by atoms with van der Waals surface area (Å²) in [5, 5.41) is 2.63.